The zero-order valence-corrected chi connectivity index (χ0v) is 14.2. The molecule has 2 atom stereocenters. The second-order valence-electron chi connectivity index (χ2n) is 6.26. The van der Waals surface area contributed by atoms with Crippen LogP contribution in [0.5, 0.6) is 0 Å². The topological polar surface area (TPSA) is 122 Å². The third kappa shape index (κ3) is 4.10. The Morgan fingerprint density at radius 1 is 1.46 bits per heavy atom. The fourth-order valence-electron chi connectivity index (χ4n) is 2.45. The lowest BCUT2D eigenvalue weighted by Gasteiger charge is -2.17. The van der Waals surface area contributed by atoms with Gasteiger partial charge in [-0.1, -0.05) is 13.8 Å². The van der Waals surface area contributed by atoms with Gasteiger partial charge in [-0.05, 0) is 12.3 Å². The molecule has 0 bridgehead atoms. The van der Waals surface area contributed by atoms with Crippen LogP contribution in [0.15, 0.2) is 12.4 Å². The molecule has 9 heteroatoms. The molecule has 1 aliphatic rings. The van der Waals surface area contributed by atoms with E-state index >= 15 is 0 Å². The molecule has 3 amide bonds. The minimum Gasteiger partial charge on any atom is -0.346 e. The van der Waals surface area contributed by atoms with Gasteiger partial charge in [0, 0.05) is 19.8 Å². The van der Waals surface area contributed by atoms with Gasteiger partial charge in [-0.25, -0.2) is 0 Å². The molecular formula is C15H24N6O3. The standard InChI is InChI=1S/C15H24N6O3/c1-9(2)13(16)14(23)17-7-12(22)19-11-4-5-21(15(11)24)10-6-18-20(3)8-10/h6,8-9,11,13H,4-5,7,16H2,1-3H3,(H,17,23)(H,19,22)/t11?,13-/m0/s1. The molecule has 0 aliphatic carbocycles. The number of carbonyl (C=O) groups excluding carboxylic acids is 3. The molecule has 1 fully saturated rings. The van der Waals surface area contributed by atoms with Crippen LogP contribution in [0.1, 0.15) is 20.3 Å². The second kappa shape index (κ2) is 7.43. The number of hydrogen-bond acceptors (Lipinski definition) is 5. The number of nitrogens with two attached hydrogens (primary N) is 1. The first-order valence-corrected chi connectivity index (χ1v) is 7.92. The third-order valence-corrected chi connectivity index (χ3v) is 3.99. The molecule has 0 aromatic carbocycles. The molecule has 4 N–H and O–H groups in total. The smallest absolute Gasteiger partial charge is 0.249 e. The lowest BCUT2D eigenvalue weighted by Crippen LogP contribution is -2.49. The lowest BCUT2D eigenvalue weighted by atomic mass is 10.1. The number of nitrogens with zero attached hydrogens (tertiary/aromatic N) is 3. The number of anilines is 1. The van der Waals surface area contributed by atoms with Crippen LogP contribution in [0.2, 0.25) is 0 Å². The molecule has 1 aliphatic heterocycles. The van der Waals surface area contributed by atoms with Gasteiger partial charge in [0.25, 0.3) is 0 Å². The SMILES string of the molecule is CC(C)[C@H](N)C(=O)NCC(=O)NC1CCN(c2cnn(C)c2)C1=O. The maximum atomic E-state index is 12.4. The zero-order valence-electron chi connectivity index (χ0n) is 14.2. The maximum absolute atomic E-state index is 12.4. The van der Waals surface area contributed by atoms with Gasteiger partial charge in [-0.2, -0.15) is 5.10 Å². The highest BCUT2D eigenvalue weighted by molar-refractivity contribution is 6.01. The predicted molar refractivity (Wildman–Crippen MR) is 87.9 cm³/mol. The summed E-state index contributed by atoms with van der Waals surface area (Å²) in [5, 5.41) is 9.17. The van der Waals surface area contributed by atoms with E-state index in [9.17, 15) is 14.4 Å². The number of aromatic nitrogens is 2. The fourth-order valence-corrected chi connectivity index (χ4v) is 2.45. The summed E-state index contributed by atoms with van der Waals surface area (Å²) in [5.74, 6) is -0.986. The first-order chi connectivity index (χ1) is 11.3. The van der Waals surface area contributed by atoms with Crippen LogP contribution in [0.25, 0.3) is 0 Å². The van der Waals surface area contributed by atoms with E-state index in [1.54, 1.807) is 29.0 Å². The summed E-state index contributed by atoms with van der Waals surface area (Å²) in [5.41, 5.74) is 6.41. The summed E-state index contributed by atoms with van der Waals surface area (Å²) in [6, 6.07) is -1.25. The highest BCUT2D eigenvalue weighted by Gasteiger charge is 2.34. The van der Waals surface area contributed by atoms with E-state index in [0.717, 1.165) is 0 Å². The molecule has 1 unspecified atom stereocenters. The van der Waals surface area contributed by atoms with Crippen molar-refractivity contribution in [1.29, 1.82) is 0 Å². The summed E-state index contributed by atoms with van der Waals surface area (Å²) in [7, 11) is 1.77. The Labute approximate surface area is 140 Å². The molecule has 9 nitrogen and oxygen atoms in total. The average molecular weight is 336 g/mol. The van der Waals surface area contributed by atoms with Gasteiger partial charge in [-0.15, -0.1) is 0 Å². The Bertz CT molecular complexity index is 626. The largest absolute Gasteiger partial charge is 0.346 e. The van der Waals surface area contributed by atoms with Gasteiger partial charge in [-0.3, -0.25) is 19.1 Å². The van der Waals surface area contributed by atoms with E-state index in [0.29, 0.717) is 18.7 Å². The number of amides is 3. The number of aryl methyl sites for hydroxylation is 1. The highest BCUT2D eigenvalue weighted by atomic mass is 16.2. The Morgan fingerprint density at radius 2 is 2.17 bits per heavy atom. The maximum Gasteiger partial charge on any atom is 0.249 e. The van der Waals surface area contributed by atoms with Crippen molar-refractivity contribution in [3.63, 3.8) is 0 Å². The number of rotatable bonds is 6. The van der Waals surface area contributed by atoms with Crippen molar-refractivity contribution < 1.29 is 14.4 Å². The number of carbonyl (C=O) groups is 3. The quantitative estimate of drug-likeness (QED) is 0.598. The Kier molecular flexibility index (Phi) is 5.55. The zero-order chi connectivity index (χ0) is 17.9. The van der Waals surface area contributed by atoms with Crippen molar-refractivity contribution >= 4 is 23.4 Å². The summed E-state index contributed by atoms with van der Waals surface area (Å²) in [4.78, 5) is 37.6. The summed E-state index contributed by atoms with van der Waals surface area (Å²) in [6.45, 7) is 3.97. The highest BCUT2D eigenvalue weighted by Crippen LogP contribution is 2.20. The number of hydrogen-bond donors (Lipinski definition) is 3. The fraction of sp³-hybridized carbons (Fsp3) is 0.600. The van der Waals surface area contributed by atoms with E-state index in [1.165, 1.54) is 0 Å². The van der Waals surface area contributed by atoms with E-state index in [1.807, 2.05) is 13.8 Å². The van der Waals surface area contributed by atoms with Crippen LogP contribution in [-0.2, 0) is 21.4 Å². The van der Waals surface area contributed by atoms with Crippen molar-refractivity contribution in [3.8, 4) is 0 Å². The molecule has 0 spiro atoms. The molecular weight excluding hydrogens is 312 g/mol. The van der Waals surface area contributed by atoms with Gasteiger partial charge in [0.05, 0.1) is 24.5 Å². The van der Waals surface area contributed by atoms with E-state index in [-0.39, 0.29) is 24.3 Å². The van der Waals surface area contributed by atoms with Crippen molar-refractivity contribution in [2.75, 3.05) is 18.0 Å². The molecule has 2 heterocycles. The minimum absolute atomic E-state index is 0.0162. The lowest BCUT2D eigenvalue weighted by molar-refractivity contribution is -0.128. The van der Waals surface area contributed by atoms with Crippen LogP contribution in [0.3, 0.4) is 0 Å². The molecule has 24 heavy (non-hydrogen) atoms. The summed E-state index contributed by atoms with van der Waals surface area (Å²) < 4.78 is 1.61. The van der Waals surface area contributed by atoms with Crippen LogP contribution < -0.4 is 21.3 Å². The van der Waals surface area contributed by atoms with Crippen LogP contribution in [0.4, 0.5) is 5.69 Å². The van der Waals surface area contributed by atoms with Gasteiger partial charge < -0.3 is 21.3 Å². The Morgan fingerprint density at radius 3 is 2.75 bits per heavy atom. The van der Waals surface area contributed by atoms with E-state index < -0.39 is 18.0 Å². The van der Waals surface area contributed by atoms with E-state index in [4.69, 9.17) is 5.73 Å². The average Bonchev–Trinajstić information content (AvgIpc) is 3.10. The molecule has 0 radical (unpaired) electrons. The first kappa shape index (κ1) is 17.9. The summed E-state index contributed by atoms with van der Waals surface area (Å²) in [6.07, 6.45) is 3.87. The molecule has 1 aromatic rings. The molecule has 2 rings (SSSR count). The van der Waals surface area contributed by atoms with Gasteiger partial charge in [0.1, 0.15) is 6.04 Å². The van der Waals surface area contributed by atoms with Crippen LogP contribution in [0, 0.1) is 5.92 Å². The van der Waals surface area contributed by atoms with Crippen LogP contribution in [-0.4, -0.2) is 52.7 Å². The summed E-state index contributed by atoms with van der Waals surface area (Å²) >= 11 is 0. The van der Waals surface area contributed by atoms with Crippen molar-refractivity contribution in [3.05, 3.63) is 12.4 Å². The second-order valence-corrected chi connectivity index (χ2v) is 6.26. The molecule has 132 valence electrons. The van der Waals surface area contributed by atoms with Gasteiger partial charge in [0.15, 0.2) is 0 Å². The van der Waals surface area contributed by atoms with Gasteiger partial charge in [0.2, 0.25) is 17.7 Å². The number of nitrogens with one attached hydrogen (secondary N) is 2. The van der Waals surface area contributed by atoms with Gasteiger partial charge >= 0.3 is 0 Å². The first-order valence-electron chi connectivity index (χ1n) is 7.92. The van der Waals surface area contributed by atoms with E-state index in [2.05, 4.69) is 15.7 Å². The molecule has 0 saturated carbocycles. The predicted octanol–water partition coefficient (Wildman–Crippen LogP) is -1.26. The normalized spacial score (nSPS) is 18.8. The monoisotopic (exact) mass is 336 g/mol. The minimum atomic E-state index is -0.660. The third-order valence-electron chi connectivity index (χ3n) is 3.99. The Balaban J connectivity index is 1.82. The van der Waals surface area contributed by atoms with Crippen LogP contribution >= 0.6 is 0 Å². The van der Waals surface area contributed by atoms with Crippen molar-refractivity contribution in [2.24, 2.45) is 18.7 Å². The van der Waals surface area contributed by atoms with Crippen molar-refractivity contribution in [2.45, 2.75) is 32.4 Å². The molecule has 1 aromatic heterocycles. The Hall–Kier alpha value is -2.42. The van der Waals surface area contributed by atoms with Crippen molar-refractivity contribution in [1.82, 2.24) is 20.4 Å². The molecule has 1 saturated heterocycles.